The Morgan fingerprint density at radius 1 is 1.14 bits per heavy atom. The predicted molar refractivity (Wildman–Crippen MR) is 124 cm³/mol. The summed E-state index contributed by atoms with van der Waals surface area (Å²) in [6, 6.07) is 11.5. The van der Waals surface area contributed by atoms with E-state index in [-0.39, 0.29) is 11.1 Å². The fourth-order valence-electron chi connectivity index (χ4n) is 2.73. The summed E-state index contributed by atoms with van der Waals surface area (Å²) in [4.78, 5) is 25.8. The molecule has 152 valence electrons. The minimum Gasteiger partial charge on any atom is -0.490 e. The van der Waals surface area contributed by atoms with Crippen molar-refractivity contribution in [2.24, 2.45) is 0 Å². The second-order valence-corrected chi connectivity index (χ2v) is 8.75. The number of imide groups is 1. The lowest BCUT2D eigenvalue weighted by molar-refractivity contribution is -0.122. The minimum atomic E-state index is -0.296. The highest BCUT2D eigenvalue weighted by atomic mass is 127. The standard InChI is InChI=1S/C21H19ClINO4S/c1-3-24-20(25)18(29-21(24)26)11-14-9-16(22)19(17(10-14)27-4-2)28-12-13-5-7-15(23)8-6-13/h5-11H,3-4,12H2,1-2H3/b18-11+. The first-order chi connectivity index (χ1) is 13.9. The highest BCUT2D eigenvalue weighted by Gasteiger charge is 2.33. The number of hydrogen-bond acceptors (Lipinski definition) is 5. The molecular weight excluding hydrogens is 525 g/mol. The van der Waals surface area contributed by atoms with Crippen molar-refractivity contribution in [2.45, 2.75) is 20.5 Å². The van der Waals surface area contributed by atoms with Crippen LogP contribution in [-0.2, 0) is 11.4 Å². The summed E-state index contributed by atoms with van der Waals surface area (Å²) in [7, 11) is 0. The Labute approximate surface area is 192 Å². The molecule has 1 fully saturated rings. The zero-order valence-corrected chi connectivity index (χ0v) is 19.6. The Morgan fingerprint density at radius 2 is 1.86 bits per heavy atom. The van der Waals surface area contributed by atoms with Crippen LogP contribution in [0.15, 0.2) is 41.3 Å². The lowest BCUT2D eigenvalue weighted by Crippen LogP contribution is -2.27. The normalized spacial score (nSPS) is 15.3. The van der Waals surface area contributed by atoms with Crippen molar-refractivity contribution in [3.05, 3.63) is 61.0 Å². The predicted octanol–water partition coefficient (Wildman–Crippen LogP) is 5.98. The molecule has 0 bridgehead atoms. The van der Waals surface area contributed by atoms with Gasteiger partial charge in [0.05, 0.1) is 16.5 Å². The number of amides is 2. The number of rotatable bonds is 7. The molecule has 0 atom stereocenters. The first-order valence-corrected chi connectivity index (χ1v) is 11.3. The monoisotopic (exact) mass is 543 g/mol. The summed E-state index contributed by atoms with van der Waals surface area (Å²) in [5.41, 5.74) is 1.68. The van der Waals surface area contributed by atoms with E-state index in [1.54, 1.807) is 25.1 Å². The summed E-state index contributed by atoms with van der Waals surface area (Å²) in [6.45, 7) is 4.77. The van der Waals surface area contributed by atoms with Crippen molar-refractivity contribution in [2.75, 3.05) is 13.2 Å². The molecule has 0 spiro atoms. The quantitative estimate of drug-likeness (QED) is 0.318. The number of thioether (sulfide) groups is 1. The first-order valence-electron chi connectivity index (χ1n) is 9.01. The van der Waals surface area contributed by atoms with E-state index in [2.05, 4.69) is 22.6 Å². The second kappa shape index (κ2) is 9.86. The Bertz CT molecular complexity index is 962. The van der Waals surface area contributed by atoms with Crippen LogP contribution in [0.1, 0.15) is 25.0 Å². The molecule has 1 heterocycles. The molecule has 3 rings (SSSR count). The minimum absolute atomic E-state index is 0.266. The Kier molecular flexibility index (Phi) is 7.48. The number of carbonyl (C=O) groups excluding carboxylic acids is 2. The number of halogens is 2. The van der Waals surface area contributed by atoms with Crippen molar-refractivity contribution >= 4 is 63.2 Å². The fourth-order valence-corrected chi connectivity index (χ4v) is 4.27. The lowest BCUT2D eigenvalue weighted by Gasteiger charge is -2.15. The maximum absolute atomic E-state index is 12.3. The Hall–Kier alpha value is -1.71. The van der Waals surface area contributed by atoms with Crippen LogP contribution < -0.4 is 9.47 Å². The van der Waals surface area contributed by atoms with Crippen LogP contribution in [0, 0.1) is 3.57 Å². The van der Waals surface area contributed by atoms with Gasteiger partial charge in [0.2, 0.25) is 0 Å². The van der Waals surface area contributed by atoms with Crippen LogP contribution in [0.2, 0.25) is 5.02 Å². The average Bonchev–Trinajstić information content (AvgIpc) is 2.95. The maximum atomic E-state index is 12.3. The molecule has 0 saturated carbocycles. The number of benzene rings is 2. The van der Waals surface area contributed by atoms with Crippen molar-refractivity contribution in [3.8, 4) is 11.5 Å². The van der Waals surface area contributed by atoms with Gasteiger partial charge in [-0.2, -0.15) is 0 Å². The Balaban J connectivity index is 1.86. The van der Waals surface area contributed by atoms with Gasteiger partial charge in [-0.25, -0.2) is 0 Å². The summed E-state index contributed by atoms with van der Waals surface area (Å²) in [5.74, 6) is 0.646. The molecule has 0 radical (unpaired) electrons. The van der Waals surface area contributed by atoms with Crippen LogP contribution in [0.3, 0.4) is 0 Å². The molecule has 0 N–H and O–H groups in total. The van der Waals surface area contributed by atoms with Crippen LogP contribution in [0.4, 0.5) is 4.79 Å². The summed E-state index contributed by atoms with van der Waals surface area (Å²) >= 11 is 9.64. The van der Waals surface area contributed by atoms with E-state index < -0.39 is 0 Å². The third-order valence-corrected chi connectivity index (χ3v) is 6.02. The smallest absolute Gasteiger partial charge is 0.293 e. The number of hydrogen-bond donors (Lipinski definition) is 0. The van der Waals surface area contributed by atoms with Crippen LogP contribution in [0.5, 0.6) is 11.5 Å². The third kappa shape index (κ3) is 5.26. The molecule has 2 aromatic rings. The SMILES string of the molecule is CCOc1cc(/C=C2/SC(=O)N(CC)C2=O)cc(Cl)c1OCc1ccc(I)cc1. The van der Waals surface area contributed by atoms with Gasteiger partial charge in [0.25, 0.3) is 11.1 Å². The number of nitrogens with zero attached hydrogens (tertiary/aromatic N) is 1. The van der Waals surface area contributed by atoms with Gasteiger partial charge in [-0.05, 0) is 89.7 Å². The molecular formula is C21H19ClINO4S. The third-order valence-electron chi connectivity index (χ3n) is 4.12. The van der Waals surface area contributed by atoms with Gasteiger partial charge in [-0.1, -0.05) is 23.7 Å². The largest absolute Gasteiger partial charge is 0.490 e. The van der Waals surface area contributed by atoms with E-state index in [9.17, 15) is 9.59 Å². The fraction of sp³-hybridized carbons (Fsp3) is 0.238. The molecule has 1 saturated heterocycles. The molecule has 29 heavy (non-hydrogen) atoms. The van der Waals surface area contributed by atoms with Crippen LogP contribution in [-0.4, -0.2) is 29.2 Å². The van der Waals surface area contributed by atoms with Crippen molar-refractivity contribution < 1.29 is 19.1 Å². The van der Waals surface area contributed by atoms with Gasteiger partial charge in [0.1, 0.15) is 6.61 Å². The van der Waals surface area contributed by atoms with E-state index in [1.165, 1.54) is 4.90 Å². The number of likely N-dealkylation sites (N-methyl/N-ethyl adjacent to an activating group) is 1. The van der Waals surface area contributed by atoms with Gasteiger partial charge in [-0.3, -0.25) is 14.5 Å². The van der Waals surface area contributed by atoms with Crippen LogP contribution in [0.25, 0.3) is 6.08 Å². The summed E-state index contributed by atoms with van der Waals surface area (Å²) < 4.78 is 12.8. The molecule has 1 aliphatic rings. The molecule has 0 unspecified atom stereocenters. The number of ether oxygens (including phenoxy) is 2. The Morgan fingerprint density at radius 3 is 2.48 bits per heavy atom. The first kappa shape index (κ1) is 22.0. The summed E-state index contributed by atoms with van der Waals surface area (Å²) in [6.07, 6.45) is 1.65. The van der Waals surface area contributed by atoms with E-state index >= 15 is 0 Å². The van der Waals surface area contributed by atoms with E-state index in [0.29, 0.717) is 46.7 Å². The lowest BCUT2D eigenvalue weighted by atomic mass is 10.1. The van der Waals surface area contributed by atoms with E-state index in [4.69, 9.17) is 21.1 Å². The molecule has 0 aromatic heterocycles. The van der Waals surface area contributed by atoms with Gasteiger partial charge in [-0.15, -0.1) is 0 Å². The number of carbonyl (C=O) groups is 2. The van der Waals surface area contributed by atoms with Crippen LogP contribution >= 0.6 is 46.0 Å². The molecule has 5 nitrogen and oxygen atoms in total. The second-order valence-electron chi connectivity index (χ2n) is 6.10. The van der Waals surface area contributed by atoms with Crippen molar-refractivity contribution in [1.82, 2.24) is 4.90 Å². The molecule has 2 amide bonds. The maximum Gasteiger partial charge on any atom is 0.293 e. The highest BCUT2D eigenvalue weighted by Crippen LogP contribution is 2.39. The molecule has 8 heteroatoms. The van der Waals surface area contributed by atoms with E-state index in [0.717, 1.165) is 20.9 Å². The van der Waals surface area contributed by atoms with Gasteiger partial charge < -0.3 is 9.47 Å². The van der Waals surface area contributed by atoms with Crippen molar-refractivity contribution in [1.29, 1.82) is 0 Å². The zero-order chi connectivity index (χ0) is 21.0. The summed E-state index contributed by atoms with van der Waals surface area (Å²) in [5, 5.41) is 0.111. The van der Waals surface area contributed by atoms with E-state index in [1.807, 2.05) is 31.2 Å². The zero-order valence-electron chi connectivity index (χ0n) is 15.9. The average molecular weight is 544 g/mol. The molecule has 0 aliphatic carbocycles. The molecule has 2 aromatic carbocycles. The highest BCUT2D eigenvalue weighted by molar-refractivity contribution is 14.1. The topological polar surface area (TPSA) is 55.8 Å². The van der Waals surface area contributed by atoms with Gasteiger partial charge in [0, 0.05) is 10.1 Å². The molecule has 1 aliphatic heterocycles. The van der Waals surface area contributed by atoms with Gasteiger partial charge >= 0.3 is 0 Å². The van der Waals surface area contributed by atoms with Crippen molar-refractivity contribution in [3.63, 3.8) is 0 Å². The van der Waals surface area contributed by atoms with Gasteiger partial charge in [0.15, 0.2) is 11.5 Å².